The first kappa shape index (κ1) is 9.91. The molecule has 1 amide bonds. The standard InChI is InChI=1S/C3H7ClNO4P/c1-3(6)5(2)9-10(4,7)8/h1-2H3,(H,7,8). The summed E-state index contributed by atoms with van der Waals surface area (Å²) in [5.41, 5.74) is 0. The summed E-state index contributed by atoms with van der Waals surface area (Å²) in [6.07, 6.45) is 0. The highest BCUT2D eigenvalue weighted by Crippen LogP contribution is 2.47. The molecule has 0 aromatic rings. The van der Waals surface area contributed by atoms with E-state index in [1.165, 1.54) is 14.0 Å². The Morgan fingerprint density at radius 2 is 2.20 bits per heavy atom. The highest BCUT2D eigenvalue weighted by Gasteiger charge is 2.19. The number of carbonyl (C=O) groups is 1. The molecular formula is C3H7ClNO4P. The first-order valence-electron chi connectivity index (χ1n) is 2.29. The van der Waals surface area contributed by atoms with Crippen molar-refractivity contribution in [2.75, 3.05) is 7.05 Å². The molecule has 0 fully saturated rings. The second kappa shape index (κ2) is 3.34. The van der Waals surface area contributed by atoms with E-state index in [1.807, 2.05) is 0 Å². The molecule has 10 heavy (non-hydrogen) atoms. The van der Waals surface area contributed by atoms with Gasteiger partial charge in [0.25, 0.3) is 0 Å². The highest BCUT2D eigenvalue weighted by molar-refractivity contribution is 7.80. The van der Waals surface area contributed by atoms with Gasteiger partial charge in [-0.3, -0.25) is 4.79 Å². The topological polar surface area (TPSA) is 66.8 Å². The normalized spacial score (nSPS) is 16.0. The third-order valence-corrected chi connectivity index (χ3v) is 1.30. The summed E-state index contributed by atoms with van der Waals surface area (Å²) in [5.74, 6) is -0.505. The van der Waals surface area contributed by atoms with Gasteiger partial charge in [-0.25, -0.2) is 9.63 Å². The van der Waals surface area contributed by atoms with E-state index in [2.05, 4.69) is 4.62 Å². The first-order chi connectivity index (χ1) is 4.33. The van der Waals surface area contributed by atoms with Crippen molar-refractivity contribution in [1.82, 2.24) is 5.06 Å². The zero-order chi connectivity index (χ0) is 8.36. The number of rotatable bonds is 2. The van der Waals surface area contributed by atoms with Crippen LogP contribution in [0.5, 0.6) is 0 Å². The maximum atomic E-state index is 10.3. The zero-order valence-corrected chi connectivity index (χ0v) is 7.09. The Labute approximate surface area is 62.8 Å². The molecule has 0 saturated carbocycles. The van der Waals surface area contributed by atoms with Gasteiger partial charge in [0.05, 0.1) is 0 Å². The number of nitrogens with zero attached hydrogens (tertiary/aromatic N) is 1. The van der Waals surface area contributed by atoms with Crippen LogP contribution < -0.4 is 0 Å². The van der Waals surface area contributed by atoms with Gasteiger partial charge in [-0.2, -0.15) is 4.62 Å². The molecule has 0 aromatic heterocycles. The van der Waals surface area contributed by atoms with Crippen LogP contribution in [-0.4, -0.2) is 22.9 Å². The largest absolute Gasteiger partial charge is 0.443 e. The van der Waals surface area contributed by atoms with Crippen molar-refractivity contribution >= 4 is 24.1 Å². The Balaban J connectivity index is 3.93. The summed E-state index contributed by atoms with van der Waals surface area (Å²) in [5, 5.41) is 0.591. The molecule has 1 atom stereocenters. The molecule has 0 radical (unpaired) electrons. The lowest BCUT2D eigenvalue weighted by atomic mass is 10.7. The van der Waals surface area contributed by atoms with Crippen LogP contribution in [0.2, 0.25) is 0 Å². The molecule has 0 spiro atoms. The minimum atomic E-state index is -4.10. The van der Waals surface area contributed by atoms with Gasteiger partial charge < -0.3 is 4.89 Å². The van der Waals surface area contributed by atoms with Gasteiger partial charge >= 0.3 is 6.95 Å². The monoisotopic (exact) mass is 187 g/mol. The number of hydrogen-bond donors (Lipinski definition) is 1. The molecule has 1 unspecified atom stereocenters. The van der Waals surface area contributed by atoms with Crippen LogP contribution in [-0.2, 0) is 14.0 Å². The van der Waals surface area contributed by atoms with Gasteiger partial charge in [-0.05, 0) is 0 Å². The van der Waals surface area contributed by atoms with E-state index >= 15 is 0 Å². The van der Waals surface area contributed by atoms with E-state index in [0.717, 1.165) is 0 Å². The summed E-state index contributed by atoms with van der Waals surface area (Å²) >= 11 is 4.77. The Bertz CT molecular complexity index is 177. The predicted molar refractivity (Wildman–Crippen MR) is 35.2 cm³/mol. The van der Waals surface area contributed by atoms with Crippen LogP contribution in [0.1, 0.15) is 6.92 Å². The third kappa shape index (κ3) is 4.76. The first-order valence-corrected chi connectivity index (χ1v) is 4.77. The Morgan fingerprint density at radius 1 is 1.80 bits per heavy atom. The summed E-state index contributed by atoms with van der Waals surface area (Å²) < 4.78 is 14.3. The smallest absolute Gasteiger partial charge is 0.311 e. The highest BCUT2D eigenvalue weighted by atomic mass is 35.7. The molecule has 0 rings (SSSR count). The van der Waals surface area contributed by atoms with E-state index in [-0.39, 0.29) is 0 Å². The van der Waals surface area contributed by atoms with Gasteiger partial charge in [0.1, 0.15) is 0 Å². The molecule has 7 heteroatoms. The molecule has 0 aromatic carbocycles. The van der Waals surface area contributed by atoms with E-state index in [1.54, 1.807) is 0 Å². The van der Waals surface area contributed by atoms with Crippen LogP contribution in [0.3, 0.4) is 0 Å². The molecule has 0 bridgehead atoms. The lowest BCUT2D eigenvalue weighted by Crippen LogP contribution is -2.21. The van der Waals surface area contributed by atoms with Gasteiger partial charge in [0, 0.05) is 25.2 Å². The average molecular weight is 188 g/mol. The van der Waals surface area contributed by atoms with Gasteiger partial charge in [0.2, 0.25) is 5.91 Å². The van der Waals surface area contributed by atoms with Gasteiger partial charge in [-0.15, -0.1) is 0 Å². The summed E-state index contributed by atoms with van der Waals surface area (Å²) in [6, 6.07) is 0. The second-order valence-corrected chi connectivity index (χ2v) is 3.90. The number of hydrogen-bond acceptors (Lipinski definition) is 3. The van der Waals surface area contributed by atoms with Crippen molar-refractivity contribution in [3.8, 4) is 0 Å². The third-order valence-electron chi connectivity index (χ3n) is 0.667. The molecule has 0 aliphatic rings. The fourth-order valence-electron chi connectivity index (χ4n) is 0.209. The predicted octanol–water partition coefficient (Wildman–Crippen LogP) is 0.736. The molecule has 0 heterocycles. The van der Waals surface area contributed by atoms with Crippen molar-refractivity contribution < 1.29 is 18.9 Å². The van der Waals surface area contributed by atoms with Crippen LogP contribution in [0.15, 0.2) is 0 Å². The van der Waals surface area contributed by atoms with E-state index in [9.17, 15) is 9.36 Å². The van der Waals surface area contributed by atoms with Crippen LogP contribution in [0.4, 0.5) is 0 Å². The molecule has 5 nitrogen and oxygen atoms in total. The number of amides is 1. The van der Waals surface area contributed by atoms with Gasteiger partial charge in [-0.1, -0.05) is 0 Å². The Kier molecular flexibility index (Phi) is 3.31. The van der Waals surface area contributed by atoms with Crippen LogP contribution in [0.25, 0.3) is 0 Å². The van der Waals surface area contributed by atoms with E-state index < -0.39 is 12.9 Å². The average Bonchev–Trinajstić information content (AvgIpc) is 1.60. The fraction of sp³-hybridized carbons (Fsp3) is 0.667. The van der Waals surface area contributed by atoms with Crippen molar-refractivity contribution in [3.05, 3.63) is 0 Å². The Hall–Kier alpha value is -0.0900. The number of halogens is 1. The number of carbonyl (C=O) groups excluding carboxylic acids is 1. The maximum Gasteiger partial charge on any atom is 0.443 e. The van der Waals surface area contributed by atoms with Crippen LogP contribution >= 0.6 is 18.2 Å². The quantitative estimate of drug-likeness (QED) is 0.511. The van der Waals surface area contributed by atoms with E-state index in [0.29, 0.717) is 5.06 Å². The maximum absolute atomic E-state index is 10.3. The summed E-state index contributed by atoms with van der Waals surface area (Å²) in [4.78, 5) is 18.7. The molecular weight excluding hydrogens is 180 g/mol. The van der Waals surface area contributed by atoms with Crippen molar-refractivity contribution in [2.45, 2.75) is 6.92 Å². The van der Waals surface area contributed by atoms with Crippen molar-refractivity contribution in [3.63, 3.8) is 0 Å². The number of hydroxylamine groups is 2. The van der Waals surface area contributed by atoms with Crippen molar-refractivity contribution in [2.24, 2.45) is 0 Å². The van der Waals surface area contributed by atoms with Crippen molar-refractivity contribution in [1.29, 1.82) is 0 Å². The lowest BCUT2D eigenvalue weighted by Gasteiger charge is -2.13. The lowest BCUT2D eigenvalue weighted by molar-refractivity contribution is -0.150. The SMILES string of the molecule is CC(=O)N(C)OP(=O)(O)Cl. The molecule has 0 saturated heterocycles. The van der Waals surface area contributed by atoms with E-state index in [4.69, 9.17) is 16.1 Å². The fourth-order valence-corrected chi connectivity index (χ4v) is 0.903. The summed E-state index contributed by atoms with van der Waals surface area (Å²) in [6.45, 7) is -2.93. The minimum Gasteiger partial charge on any atom is -0.311 e. The molecule has 0 aliphatic carbocycles. The molecule has 1 N–H and O–H groups in total. The summed E-state index contributed by atoms with van der Waals surface area (Å²) in [7, 11) is 1.19. The van der Waals surface area contributed by atoms with Crippen LogP contribution in [0, 0.1) is 0 Å². The second-order valence-electron chi connectivity index (χ2n) is 1.55. The minimum absolute atomic E-state index is 0.505. The zero-order valence-electron chi connectivity index (χ0n) is 5.44. The Morgan fingerprint density at radius 3 is 2.30 bits per heavy atom. The molecule has 0 aliphatic heterocycles. The molecule has 60 valence electrons. The van der Waals surface area contributed by atoms with Gasteiger partial charge in [0.15, 0.2) is 0 Å².